The van der Waals surface area contributed by atoms with Gasteiger partial charge in [-0.05, 0) is 34.5 Å². The molecular formula is C18H12N2. The number of rotatable bonds is 2. The van der Waals surface area contributed by atoms with Gasteiger partial charge in [0, 0.05) is 18.0 Å². The van der Waals surface area contributed by atoms with Gasteiger partial charge in [-0.15, -0.1) is 0 Å². The van der Waals surface area contributed by atoms with Gasteiger partial charge in [-0.1, -0.05) is 42.5 Å². The lowest BCUT2D eigenvalue weighted by Gasteiger charge is -2.05. The van der Waals surface area contributed by atoms with Crippen molar-refractivity contribution < 1.29 is 0 Å². The van der Waals surface area contributed by atoms with Crippen LogP contribution in [0.3, 0.4) is 0 Å². The molecule has 1 heterocycles. The molecule has 0 unspecified atom stereocenters. The Morgan fingerprint density at radius 2 is 1.70 bits per heavy atom. The van der Waals surface area contributed by atoms with Crippen LogP contribution in [-0.4, -0.2) is 4.98 Å². The quantitative estimate of drug-likeness (QED) is 0.641. The highest BCUT2D eigenvalue weighted by Crippen LogP contribution is 2.26. The van der Waals surface area contributed by atoms with Gasteiger partial charge < -0.3 is 0 Å². The Bertz CT molecular complexity index is 806. The fourth-order valence-electron chi connectivity index (χ4n) is 2.26. The molecule has 0 saturated heterocycles. The lowest BCUT2D eigenvalue weighted by atomic mass is 9.97. The number of hydrogen-bond acceptors (Lipinski definition) is 2. The number of nitriles is 1. The molecule has 20 heavy (non-hydrogen) atoms. The van der Waals surface area contributed by atoms with E-state index in [1.807, 2.05) is 48.5 Å². The van der Waals surface area contributed by atoms with Gasteiger partial charge in [0.2, 0.25) is 0 Å². The number of pyridine rings is 1. The Hall–Kier alpha value is -2.92. The molecule has 0 saturated carbocycles. The average molecular weight is 256 g/mol. The maximum Gasteiger partial charge on any atom is 0.0998 e. The second-order valence-electron chi connectivity index (χ2n) is 4.48. The zero-order valence-corrected chi connectivity index (χ0v) is 10.8. The molecule has 2 heteroatoms. The van der Waals surface area contributed by atoms with Crippen LogP contribution in [0.5, 0.6) is 0 Å². The van der Waals surface area contributed by atoms with Crippen molar-refractivity contribution in [1.29, 1.82) is 5.26 Å². The van der Waals surface area contributed by atoms with E-state index in [0.29, 0.717) is 5.57 Å². The largest absolute Gasteiger partial charge is 0.265 e. The van der Waals surface area contributed by atoms with E-state index in [1.165, 1.54) is 0 Å². The second kappa shape index (κ2) is 5.38. The zero-order valence-electron chi connectivity index (χ0n) is 10.8. The van der Waals surface area contributed by atoms with Crippen LogP contribution >= 0.6 is 0 Å². The second-order valence-corrected chi connectivity index (χ2v) is 4.48. The van der Waals surface area contributed by atoms with E-state index in [1.54, 1.807) is 12.4 Å². The lowest BCUT2D eigenvalue weighted by molar-refractivity contribution is 1.32. The molecule has 0 aliphatic carbocycles. The predicted molar refractivity (Wildman–Crippen MR) is 81.7 cm³/mol. The summed E-state index contributed by atoms with van der Waals surface area (Å²) in [6.45, 7) is 0. The van der Waals surface area contributed by atoms with Gasteiger partial charge in [-0.2, -0.15) is 5.26 Å². The molecule has 2 aromatic carbocycles. The Morgan fingerprint density at radius 1 is 0.950 bits per heavy atom. The van der Waals surface area contributed by atoms with Crippen LogP contribution in [0.1, 0.15) is 11.1 Å². The first kappa shape index (κ1) is 12.1. The van der Waals surface area contributed by atoms with E-state index in [0.717, 1.165) is 21.9 Å². The van der Waals surface area contributed by atoms with Crippen LogP contribution in [0.15, 0.2) is 67.0 Å². The number of allylic oxidation sites excluding steroid dienone is 1. The van der Waals surface area contributed by atoms with Crippen LogP contribution in [0, 0.1) is 11.3 Å². The van der Waals surface area contributed by atoms with Crippen LogP contribution in [-0.2, 0) is 0 Å². The number of aromatic nitrogens is 1. The molecule has 2 nitrogen and oxygen atoms in total. The zero-order chi connectivity index (χ0) is 13.8. The molecule has 0 aliphatic rings. The van der Waals surface area contributed by atoms with Crippen molar-refractivity contribution in [2.24, 2.45) is 0 Å². The van der Waals surface area contributed by atoms with E-state index >= 15 is 0 Å². The fraction of sp³-hybridized carbons (Fsp3) is 0. The van der Waals surface area contributed by atoms with E-state index in [9.17, 15) is 5.26 Å². The van der Waals surface area contributed by atoms with Gasteiger partial charge >= 0.3 is 0 Å². The maximum atomic E-state index is 9.47. The summed E-state index contributed by atoms with van der Waals surface area (Å²) in [7, 11) is 0. The highest BCUT2D eigenvalue weighted by molar-refractivity contribution is 6.01. The van der Waals surface area contributed by atoms with Crippen LogP contribution in [0.25, 0.3) is 22.4 Å². The summed E-state index contributed by atoms with van der Waals surface area (Å²) in [4.78, 5) is 3.99. The Kier molecular flexibility index (Phi) is 3.26. The number of hydrogen-bond donors (Lipinski definition) is 0. The topological polar surface area (TPSA) is 36.7 Å². The summed E-state index contributed by atoms with van der Waals surface area (Å²) in [5, 5.41) is 11.7. The lowest BCUT2D eigenvalue weighted by Crippen LogP contribution is -1.85. The standard InChI is InChI=1S/C18H12N2/c19-13-16(12-14-8-10-20-11-9-14)18-7-3-5-15-4-1-2-6-17(15)18/h1-12H/b16-12+. The molecule has 94 valence electrons. The predicted octanol–water partition coefficient (Wildman–Crippen LogP) is 4.30. The molecule has 0 aliphatic heterocycles. The third-order valence-corrected chi connectivity index (χ3v) is 3.22. The van der Waals surface area contributed by atoms with Gasteiger partial charge in [-0.25, -0.2) is 0 Å². The Balaban J connectivity index is 2.18. The monoisotopic (exact) mass is 256 g/mol. The number of fused-ring (bicyclic) bond motifs is 1. The van der Waals surface area contributed by atoms with Crippen LogP contribution in [0.2, 0.25) is 0 Å². The summed E-state index contributed by atoms with van der Waals surface area (Å²) in [5.74, 6) is 0. The van der Waals surface area contributed by atoms with Gasteiger partial charge in [-0.3, -0.25) is 4.98 Å². The molecule has 0 N–H and O–H groups in total. The molecule has 0 bridgehead atoms. The smallest absolute Gasteiger partial charge is 0.0998 e. The Morgan fingerprint density at radius 3 is 2.50 bits per heavy atom. The van der Waals surface area contributed by atoms with Gasteiger partial charge in [0.05, 0.1) is 11.6 Å². The molecule has 0 radical (unpaired) electrons. The summed E-state index contributed by atoms with van der Waals surface area (Å²) < 4.78 is 0. The summed E-state index contributed by atoms with van der Waals surface area (Å²) >= 11 is 0. The normalized spacial score (nSPS) is 11.2. The first-order chi connectivity index (χ1) is 9.88. The third-order valence-electron chi connectivity index (χ3n) is 3.22. The molecule has 3 rings (SSSR count). The van der Waals surface area contributed by atoms with Crippen molar-refractivity contribution in [3.05, 3.63) is 78.1 Å². The van der Waals surface area contributed by atoms with Crippen LogP contribution < -0.4 is 0 Å². The minimum absolute atomic E-state index is 0.660. The minimum atomic E-state index is 0.660. The summed E-state index contributed by atoms with van der Waals surface area (Å²) in [6, 6.07) is 20.2. The summed E-state index contributed by atoms with van der Waals surface area (Å²) in [5.41, 5.74) is 2.60. The van der Waals surface area contributed by atoms with E-state index in [-0.39, 0.29) is 0 Å². The SMILES string of the molecule is N#C/C(=C\c1ccncc1)c1cccc2ccccc12. The minimum Gasteiger partial charge on any atom is -0.265 e. The van der Waals surface area contributed by atoms with E-state index < -0.39 is 0 Å². The van der Waals surface area contributed by atoms with Gasteiger partial charge in [0.25, 0.3) is 0 Å². The highest BCUT2D eigenvalue weighted by atomic mass is 14.6. The van der Waals surface area contributed by atoms with Crippen molar-refractivity contribution in [1.82, 2.24) is 4.98 Å². The summed E-state index contributed by atoms with van der Waals surface area (Å²) in [6.07, 6.45) is 5.34. The maximum absolute atomic E-state index is 9.47. The molecule has 0 spiro atoms. The first-order valence-corrected chi connectivity index (χ1v) is 6.38. The third kappa shape index (κ3) is 2.30. The van der Waals surface area contributed by atoms with Crippen molar-refractivity contribution >= 4 is 22.4 Å². The van der Waals surface area contributed by atoms with E-state index in [2.05, 4.69) is 23.2 Å². The molecule has 1 aromatic heterocycles. The van der Waals surface area contributed by atoms with Crippen molar-refractivity contribution in [2.45, 2.75) is 0 Å². The van der Waals surface area contributed by atoms with Crippen molar-refractivity contribution in [2.75, 3.05) is 0 Å². The molecule has 0 amide bonds. The average Bonchev–Trinajstić information content (AvgIpc) is 2.53. The number of nitrogens with zero attached hydrogens (tertiary/aromatic N) is 2. The Labute approximate surface area is 117 Å². The van der Waals surface area contributed by atoms with E-state index in [4.69, 9.17) is 0 Å². The molecule has 3 aromatic rings. The van der Waals surface area contributed by atoms with Gasteiger partial charge in [0.15, 0.2) is 0 Å². The first-order valence-electron chi connectivity index (χ1n) is 6.38. The fourth-order valence-corrected chi connectivity index (χ4v) is 2.26. The van der Waals surface area contributed by atoms with Gasteiger partial charge in [0.1, 0.15) is 0 Å². The van der Waals surface area contributed by atoms with Crippen molar-refractivity contribution in [3.8, 4) is 6.07 Å². The van der Waals surface area contributed by atoms with Crippen molar-refractivity contribution in [3.63, 3.8) is 0 Å². The number of benzene rings is 2. The van der Waals surface area contributed by atoms with Crippen LogP contribution in [0.4, 0.5) is 0 Å². The highest BCUT2D eigenvalue weighted by Gasteiger charge is 2.05. The molecule has 0 atom stereocenters. The molecule has 0 fully saturated rings. The molecular weight excluding hydrogens is 244 g/mol.